The van der Waals surface area contributed by atoms with Crippen LogP contribution in [0.1, 0.15) is 29.6 Å². The third kappa shape index (κ3) is 3.53. The van der Waals surface area contributed by atoms with Gasteiger partial charge in [0.2, 0.25) is 17.6 Å². The summed E-state index contributed by atoms with van der Waals surface area (Å²) >= 11 is 0. The molecule has 4 rings (SSSR count). The summed E-state index contributed by atoms with van der Waals surface area (Å²) in [5.74, 6) is 0.825. The van der Waals surface area contributed by atoms with Crippen molar-refractivity contribution in [3.8, 4) is 11.4 Å². The summed E-state index contributed by atoms with van der Waals surface area (Å²) in [6.45, 7) is 4.35. The lowest BCUT2D eigenvalue weighted by Gasteiger charge is -2.04. The largest absolute Gasteiger partial charge is 0.358 e. The zero-order chi connectivity index (χ0) is 19.5. The molecular weight excluding hydrogens is 352 g/mol. The molecule has 0 fully saturated rings. The number of nitrogens with one attached hydrogen (secondary N) is 2. The summed E-state index contributed by atoms with van der Waals surface area (Å²) < 4.78 is 5.25. The fraction of sp³-hybridized carbons (Fsp3) is 0.227. The van der Waals surface area contributed by atoms with Crippen LogP contribution in [0.5, 0.6) is 0 Å². The molecule has 6 heteroatoms. The minimum Gasteiger partial charge on any atom is -0.358 e. The minimum atomic E-state index is -0.0784. The average Bonchev–Trinajstić information content (AvgIpc) is 3.32. The number of hydrogen-bond acceptors (Lipinski definition) is 4. The molecule has 0 spiro atoms. The summed E-state index contributed by atoms with van der Waals surface area (Å²) in [6, 6.07) is 15.8. The van der Waals surface area contributed by atoms with Crippen molar-refractivity contribution in [2.75, 3.05) is 0 Å². The SMILES string of the molecule is CCc1cccc2c(CC(=O)NCc3nc(-c4ccccc4)no3)c(C)[nH]c12. The van der Waals surface area contributed by atoms with E-state index in [9.17, 15) is 4.79 Å². The zero-order valence-corrected chi connectivity index (χ0v) is 16.0. The highest BCUT2D eigenvalue weighted by Gasteiger charge is 2.15. The molecule has 6 nitrogen and oxygen atoms in total. The number of hydrogen-bond donors (Lipinski definition) is 2. The number of carbonyl (C=O) groups excluding carboxylic acids is 1. The van der Waals surface area contributed by atoms with Crippen molar-refractivity contribution < 1.29 is 9.32 Å². The molecule has 0 saturated heterocycles. The van der Waals surface area contributed by atoms with E-state index in [1.807, 2.05) is 43.3 Å². The predicted octanol–water partition coefficient (Wildman–Crippen LogP) is 3.95. The maximum absolute atomic E-state index is 12.5. The number of aryl methyl sites for hydroxylation is 2. The van der Waals surface area contributed by atoms with E-state index in [2.05, 4.69) is 39.5 Å². The van der Waals surface area contributed by atoms with Crippen molar-refractivity contribution in [2.24, 2.45) is 0 Å². The van der Waals surface area contributed by atoms with Gasteiger partial charge in [-0.25, -0.2) is 0 Å². The molecular formula is C22H22N4O2. The van der Waals surface area contributed by atoms with Crippen LogP contribution in [-0.4, -0.2) is 21.0 Å². The Hall–Kier alpha value is -3.41. The first-order valence-corrected chi connectivity index (χ1v) is 9.39. The van der Waals surface area contributed by atoms with Crippen LogP contribution in [0.3, 0.4) is 0 Å². The molecule has 2 N–H and O–H groups in total. The number of amides is 1. The van der Waals surface area contributed by atoms with E-state index in [1.54, 1.807) is 0 Å². The van der Waals surface area contributed by atoms with Crippen LogP contribution in [0.4, 0.5) is 0 Å². The van der Waals surface area contributed by atoms with Gasteiger partial charge >= 0.3 is 0 Å². The van der Waals surface area contributed by atoms with Gasteiger partial charge < -0.3 is 14.8 Å². The highest BCUT2D eigenvalue weighted by molar-refractivity contribution is 5.91. The Bertz CT molecular complexity index is 1110. The van der Waals surface area contributed by atoms with Crippen molar-refractivity contribution in [1.29, 1.82) is 0 Å². The van der Waals surface area contributed by atoms with Crippen LogP contribution in [0.2, 0.25) is 0 Å². The van der Waals surface area contributed by atoms with E-state index in [1.165, 1.54) is 5.56 Å². The lowest BCUT2D eigenvalue weighted by Crippen LogP contribution is -2.24. The number of rotatable bonds is 6. The van der Waals surface area contributed by atoms with Crippen LogP contribution < -0.4 is 5.32 Å². The number of para-hydroxylation sites is 1. The number of nitrogens with zero attached hydrogens (tertiary/aromatic N) is 2. The summed E-state index contributed by atoms with van der Waals surface area (Å²) in [6.07, 6.45) is 1.25. The van der Waals surface area contributed by atoms with Crippen molar-refractivity contribution in [1.82, 2.24) is 20.4 Å². The smallest absolute Gasteiger partial charge is 0.246 e. The van der Waals surface area contributed by atoms with Gasteiger partial charge in [0, 0.05) is 22.2 Å². The fourth-order valence-corrected chi connectivity index (χ4v) is 3.42. The van der Waals surface area contributed by atoms with Gasteiger partial charge in [0.1, 0.15) is 0 Å². The van der Waals surface area contributed by atoms with Gasteiger partial charge in [-0.05, 0) is 24.5 Å². The molecule has 28 heavy (non-hydrogen) atoms. The van der Waals surface area contributed by atoms with E-state index in [0.717, 1.165) is 34.1 Å². The topological polar surface area (TPSA) is 83.8 Å². The molecule has 0 atom stereocenters. The molecule has 2 heterocycles. The van der Waals surface area contributed by atoms with Crippen LogP contribution >= 0.6 is 0 Å². The molecule has 0 aliphatic rings. The van der Waals surface area contributed by atoms with Gasteiger partial charge in [0.15, 0.2) is 0 Å². The predicted molar refractivity (Wildman–Crippen MR) is 108 cm³/mol. The van der Waals surface area contributed by atoms with Gasteiger partial charge in [-0.15, -0.1) is 0 Å². The number of aromatic amines is 1. The van der Waals surface area contributed by atoms with Crippen molar-refractivity contribution in [2.45, 2.75) is 33.2 Å². The monoisotopic (exact) mass is 374 g/mol. The molecule has 4 aromatic rings. The molecule has 0 unspecified atom stereocenters. The fourth-order valence-electron chi connectivity index (χ4n) is 3.42. The molecule has 0 aliphatic heterocycles. The van der Waals surface area contributed by atoms with E-state index in [0.29, 0.717) is 18.1 Å². The quantitative estimate of drug-likeness (QED) is 0.535. The Labute approximate surface area is 163 Å². The van der Waals surface area contributed by atoms with E-state index < -0.39 is 0 Å². The maximum Gasteiger partial charge on any atom is 0.246 e. The zero-order valence-electron chi connectivity index (χ0n) is 16.0. The van der Waals surface area contributed by atoms with Gasteiger partial charge in [0.25, 0.3) is 0 Å². The minimum absolute atomic E-state index is 0.0784. The summed E-state index contributed by atoms with van der Waals surface area (Å²) in [5.41, 5.74) is 5.31. The second-order valence-electron chi connectivity index (χ2n) is 6.75. The summed E-state index contributed by atoms with van der Waals surface area (Å²) in [7, 11) is 0. The van der Waals surface area contributed by atoms with Crippen LogP contribution in [0.15, 0.2) is 53.1 Å². The normalized spacial score (nSPS) is 11.1. The molecule has 142 valence electrons. The summed E-state index contributed by atoms with van der Waals surface area (Å²) in [4.78, 5) is 20.3. The number of carbonyl (C=O) groups is 1. The highest BCUT2D eigenvalue weighted by Crippen LogP contribution is 2.26. The highest BCUT2D eigenvalue weighted by atomic mass is 16.5. The van der Waals surface area contributed by atoms with Crippen LogP contribution in [-0.2, 0) is 24.2 Å². The molecule has 0 radical (unpaired) electrons. The Balaban J connectivity index is 1.44. The number of benzene rings is 2. The first-order chi connectivity index (χ1) is 13.7. The molecule has 0 saturated carbocycles. The summed E-state index contributed by atoms with van der Waals surface area (Å²) in [5, 5.41) is 7.95. The second-order valence-corrected chi connectivity index (χ2v) is 6.75. The van der Waals surface area contributed by atoms with Crippen molar-refractivity contribution in [3.63, 3.8) is 0 Å². The van der Waals surface area contributed by atoms with E-state index in [-0.39, 0.29) is 12.5 Å². The third-order valence-electron chi connectivity index (χ3n) is 4.90. The van der Waals surface area contributed by atoms with E-state index in [4.69, 9.17) is 4.52 Å². The Morgan fingerprint density at radius 1 is 1.14 bits per heavy atom. The van der Waals surface area contributed by atoms with Gasteiger partial charge in [-0.1, -0.05) is 60.6 Å². The Morgan fingerprint density at radius 2 is 1.96 bits per heavy atom. The van der Waals surface area contributed by atoms with E-state index >= 15 is 0 Å². The molecule has 2 aromatic heterocycles. The molecule has 2 aromatic carbocycles. The van der Waals surface area contributed by atoms with Crippen LogP contribution in [0, 0.1) is 6.92 Å². The molecule has 1 amide bonds. The third-order valence-corrected chi connectivity index (χ3v) is 4.90. The first kappa shape index (κ1) is 18.0. The van der Waals surface area contributed by atoms with Gasteiger partial charge in [0.05, 0.1) is 13.0 Å². The first-order valence-electron chi connectivity index (χ1n) is 9.39. The Kier molecular flexibility index (Phi) is 4.93. The van der Waals surface area contributed by atoms with Crippen LogP contribution in [0.25, 0.3) is 22.3 Å². The number of aromatic nitrogens is 3. The molecule has 0 aliphatic carbocycles. The van der Waals surface area contributed by atoms with Crippen molar-refractivity contribution in [3.05, 3.63) is 71.2 Å². The molecule has 0 bridgehead atoms. The average molecular weight is 374 g/mol. The van der Waals surface area contributed by atoms with Crippen molar-refractivity contribution >= 4 is 16.8 Å². The standard InChI is InChI=1S/C22H22N4O2/c1-3-15-10-7-11-17-18(14(2)24-21(15)17)12-19(27)23-13-20-25-22(26-28-20)16-8-5-4-6-9-16/h4-11,24H,3,12-13H2,1-2H3,(H,23,27). The Morgan fingerprint density at radius 3 is 2.75 bits per heavy atom. The van der Waals surface area contributed by atoms with Gasteiger partial charge in [-0.3, -0.25) is 4.79 Å². The lowest BCUT2D eigenvalue weighted by molar-refractivity contribution is -0.120. The number of fused-ring (bicyclic) bond motifs is 1. The number of H-pyrrole nitrogens is 1. The maximum atomic E-state index is 12.5. The second kappa shape index (κ2) is 7.68. The van der Waals surface area contributed by atoms with Gasteiger partial charge in [-0.2, -0.15) is 4.98 Å². The lowest BCUT2D eigenvalue weighted by atomic mass is 10.0.